The van der Waals surface area contributed by atoms with Crippen LogP contribution in [-0.2, 0) is 5.41 Å². The molecule has 1 aliphatic rings. The first-order valence-electron chi connectivity index (χ1n) is 7.39. The summed E-state index contributed by atoms with van der Waals surface area (Å²) in [5, 5.41) is 15.4. The van der Waals surface area contributed by atoms with Crippen LogP contribution in [0.1, 0.15) is 30.2 Å². The standard InChI is InChI=1S/C17H18Cl2N2O/c18-13-5-4-12(11-14(13)19)17(6-9-20-10-7-17)16(22)15-3-1-2-8-21-15/h1-5,8,11,16,20,22H,6-7,9-10H2. The Morgan fingerprint density at radius 2 is 1.86 bits per heavy atom. The van der Waals surface area contributed by atoms with Crippen LogP contribution in [0.3, 0.4) is 0 Å². The quantitative estimate of drug-likeness (QED) is 0.897. The van der Waals surface area contributed by atoms with Crippen LogP contribution in [0.15, 0.2) is 42.6 Å². The van der Waals surface area contributed by atoms with E-state index in [1.807, 2.05) is 30.3 Å². The fourth-order valence-electron chi connectivity index (χ4n) is 3.22. The van der Waals surface area contributed by atoms with E-state index in [-0.39, 0.29) is 0 Å². The summed E-state index contributed by atoms with van der Waals surface area (Å²) in [4.78, 5) is 4.33. The van der Waals surface area contributed by atoms with Crippen LogP contribution in [0, 0.1) is 0 Å². The summed E-state index contributed by atoms with van der Waals surface area (Å²) in [6.07, 6.45) is 2.68. The Hall–Kier alpha value is -1.13. The first kappa shape index (κ1) is 15.8. The Morgan fingerprint density at radius 3 is 2.50 bits per heavy atom. The van der Waals surface area contributed by atoms with E-state index >= 15 is 0 Å². The molecule has 1 aliphatic heterocycles. The van der Waals surface area contributed by atoms with Gasteiger partial charge in [0.15, 0.2) is 0 Å². The highest BCUT2D eigenvalue weighted by molar-refractivity contribution is 6.42. The second-order valence-electron chi connectivity index (χ2n) is 5.69. The number of hydrogen-bond acceptors (Lipinski definition) is 3. The number of aromatic nitrogens is 1. The SMILES string of the molecule is OC(c1ccccn1)C1(c2ccc(Cl)c(Cl)c2)CCNCC1. The van der Waals surface area contributed by atoms with Crippen LogP contribution in [0.5, 0.6) is 0 Å². The van der Waals surface area contributed by atoms with E-state index in [1.165, 1.54) is 0 Å². The van der Waals surface area contributed by atoms with Crippen LogP contribution in [0.4, 0.5) is 0 Å². The molecule has 1 saturated heterocycles. The molecule has 22 heavy (non-hydrogen) atoms. The van der Waals surface area contributed by atoms with Gasteiger partial charge in [-0.25, -0.2) is 0 Å². The van der Waals surface area contributed by atoms with Crippen molar-refractivity contribution in [2.75, 3.05) is 13.1 Å². The summed E-state index contributed by atoms with van der Waals surface area (Å²) in [6.45, 7) is 1.70. The van der Waals surface area contributed by atoms with Gasteiger partial charge in [0.2, 0.25) is 0 Å². The molecule has 1 fully saturated rings. The largest absolute Gasteiger partial charge is 0.386 e. The number of hydrogen-bond donors (Lipinski definition) is 2. The Bertz CT molecular complexity index is 642. The third-order valence-electron chi connectivity index (χ3n) is 4.48. The lowest BCUT2D eigenvalue weighted by atomic mass is 9.68. The van der Waals surface area contributed by atoms with Gasteiger partial charge in [0.25, 0.3) is 0 Å². The molecular formula is C17H18Cl2N2O. The van der Waals surface area contributed by atoms with Gasteiger partial charge in [-0.15, -0.1) is 0 Å². The summed E-state index contributed by atoms with van der Waals surface area (Å²) in [6, 6.07) is 11.3. The summed E-state index contributed by atoms with van der Waals surface area (Å²) < 4.78 is 0. The second kappa shape index (κ2) is 6.55. The summed E-state index contributed by atoms with van der Waals surface area (Å²) >= 11 is 12.2. The molecule has 0 spiro atoms. The highest BCUT2D eigenvalue weighted by Crippen LogP contribution is 2.45. The number of rotatable bonds is 3. The lowest BCUT2D eigenvalue weighted by molar-refractivity contribution is 0.0539. The normalized spacial score (nSPS) is 18.9. The molecule has 116 valence electrons. The molecule has 0 bridgehead atoms. The van der Waals surface area contributed by atoms with Gasteiger partial charge in [0.05, 0.1) is 15.7 Å². The minimum atomic E-state index is -0.673. The predicted molar refractivity (Wildman–Crippen MR) is 89.4 cm³/mol. The van der Waals surface area contributed by atoms with Crippen LogP contribution in [0.25, 0.3) is 0 Å². The summed E-state index contributed by atoms with van der Waals surface area (Å²) in [5.41, 5.74) is 1.31. The Kier molecular flexibility index (Phi) is 4.69. The molecule has 5 heteroatoms. The monoisotopic (exact) mass is 336 g/mol. The Morgan fingerprint density at radius 1 is 1.09 bits per heavy atom. The van der Waals surface area contributed by atoms with Crippen molar-refractivity contribution < 1.29 is 5.11 Å². The zero-order chi connectivity index (χ0) is 15.6. The van der Waals surface area contributed by atoms with Gasteiger partial charge < -0.3 is 10.4 Å². The highest BCUT2D eigenvalue weighted by Gasteiger charge is 2.42. The molecule has 3 rings (SSSR count). The number of halogens is 2. The number of aliphatic hydroxyl groups excluding tert-OH is 1. The number of pyridine rings is 1. The minimum absolute atomic E-state index is 0.395. The van der Waals surface area contributed by atoms with Gasteiger partial charge in [0, 0.05) is 11.6 Å². The third kappa shape index (κ3) is 2.86. The number of nitrogens with zero attached hydrogens (tertiary/aromatic N) is 1. The maximum Gasteiger partial charge on any atom is 0.106 e. The first-order valence-corrected chi connectivity index (χ1v) is 8.14. The van der Waals surface area contributed by atoms with E-state index in [1.54, 1.807) is 12.3 Å². The third-order valence-corrected chi connectivity index (χ3v) is 5.22. The lowest BCUT2D eigenvalue weighted by Crippen LogP contribution is -2.44. The average Bonchev–Trinajstić information content (AvgIpc) is 2.58. The Balaban J connectivity index is 2.06. The van der Waals surface area contributed by atoms with Gasteiger partial charge in [-0.2, -0.15) is 0 Å². The molecule has 0 radical (unpaired) electrons. The molecule has 2 aromatic rings. The molecule has 2 N–H and O–H groups in total. The van der Waals surface area contributed by atoms with Crippen LogP contribution < -0.4 is 5.32 Å². The highest BCUT2D eigenvalue weighted by atomic mass is 35.5. The van der Waals surface area contributed by atoms with Crippen LogP contribution >= 0.6 is 23.2 Å². The predicted octanol–water partition coefficient (Wildman–Crippen LogP) is 3.74. The van der Waals surface area contributed by atoms with Gasteiger partial charge >= 0.3 is 0 Å². The molecule has 0 amide bonds. The van der Waals surface area contributed by atoms with E-state index in [0.29, 0.717) is 15.7 Å². The van der Waals surface area contributed by atoms with Crippen molar-refractivity contribution in [2.45, 2.75) is 24.4 Å². The molecule has 3 nitrogen and oxygen atoms in total. The maximum absolute atomic E-state index is 11.0. The molecular weight excluding hydrogens is 319 g/mol. The zero-order valence-corrected chi connectivity index (χ0v) is 13.6. The van der Waals surface area contributed by atoms with E-state index in [9.17, 15) is 5.11 Å². The number of nitrogens with one attached hydrogen (secondary N) is 1. The van der Waals surface area contributed by atoms with Crippen molar-refractivity contribution in [3.8, 4) is 0 Å². The van der Waals surface area contributed by atoms with Crippen molar-refractivity contribution in [3.63, 3.8) is 0 Å². The van der Waals surface area contributed by atoms with E-state index in [4.69, 9.17) is 23.2 Å². The smallest absolute Gasteiger partial charge is 0.106 e. The number of piperidine rings is 1. The van der Waals surface area contributed by atoms with Crippen LogP contribution in [-0.4, -0.2) is 23.2 Å². The van der Waals surface area contributed by atoms with Crippen molar-refractivity contribution in [2.24, 2.45) is 0 Å². The molecule has 1 aromatic carbocycles. The summed E-state index contributed by atoms with van der Waals surface area (Å²) in [5.74, 6) is 0. The van der Waals surface area contributed by atoms with Gasteiger partial charge in [0.1, 0.15) is 6.10 Å². The first-order chi connectivity index (χ1) is 10.6. The van der Waals surface area contributed by atoms with Crippen LogP contribution in [0.2, 0.25) is 10.0 Å². The van der Waals surface area contributed by atoms with Gasteiger partial charge in [-0.05, 0) is 55.8 Å². The van der Waals surface area contributed by atoms with Crippen molar-refractivity contribution in [3.05, 3.63) is 63.9 Å². The fraction of sp³-hybridized carbons (Fsp3) is 0.353. The lowest BCUT2D eigenvalue weighted by Gasteiger charge is -2.41. The fourth-order valence-corrected chi connectivity index (χ4v) is 3.52. The number of benzene rings is 1. The maximum atomic E-state index is 11.0. The molecule has 0 aliphatic carbocycles. The van der Waals surface area contributed by atoms with Crippen molar-refractivity contribution in [1.82, 2.24) is 10.3 Å². The molecule has 2 heterocycles. The summed E-state index contributed by atoms with van der Waals surface area (Å²) in [7, 11) is 0. The van der Waals surface area contributed by atoms with E-state index in [0.717, 1.165) is 31.5 Å². The Labute approximate surface area is 140 Å². The molecule has 1 aromatic heterocycles. The van der Waals surface area contributed by atoms with Gasteiger partial charge in [-0.3, -0.25) is 4.98 Å². The van der Waals surface area contributed by atoms with Gasteiger partial charge in [-0.1, -0.05) is 35.3 Å². The number of aliphatic hydroxyl groups is 1. The molecule has 1 atom stereocenters. The van der Waals surface area contributed by atoms with Crippen molar-refractivity contribution >= 4 is 23.2 Å². The molecule has 0 saturated carbocycles. The van der Waals surface area contributed by atoms with E-state index in [2.05, 4.69) is 10.3 Å². The van der Waals surface area contributed by atoms with Crippen molar-refractivity contribution in [1.29, 1.82) is 0 Å². The zero-order valence-electron chi connectivity index (χ0n) is 12.1. The second-order valence-corrected chi connectivity index (χ2v) is 6.51. The molecule has 1 unspecified atom stereocenters. The van der Waals surface area contributed by atoms with E-state index < -0.39 is 11.5 Å². The average molecular weight is 337 g/mol. The topological polar surface area (TPSA) is 45.2 Å². The minimum Gasteiger partial charge on any atom is -0.386 e.